The average Bonchev–Trinajstić information content (AvgIpc) is 2.71. The van der Waals surface area contributed by atoms with E-state index >= 15 is 0 Å². The van der Waals surface area contributed by atoms with Crippen LogP contribution in [0.15, 0.2) is 0 Å². The minimum absolute atomic E-state index is 0.324. The molecule has 2 aliphatic rings. The van der Waals surface area contributed by atoms with E-state index in [9.17, 15) is 19.2 Å². The predicted octanol–water partition coefficient (Wildman–Crippen LogP) is 1.46. The van der Waals surface area contributed by atoms with Gasteiger partial charge in [0.2, 0.25) is 5.91 Å². The van der Waals surface area contributed by atoms with E-state index in [2.05, 4.69) is 10.6 Å². The van der Waals surface area contributed by atoms with Crippen molar-refractivity contribution in [1.82, 2.24) is 20.4 Å². The van der Waals surface area contributed by atoms with Crippen molar-refractivity contribution in [2.45, 2.75) is 57.9 Å². The number of imide groups is 2. The van der Waals surface area contributed by atoms with E-state index in [1.807, 2.05) is 13.8 Å². The molecule has 1 aliphatic carbocycles. The monoisotopic (exact) mass is 352 g/mol. The molecule has 0 atom stereocenters. The highest BCUT2D eigenvalue weighted by Crippen LogP contribution is 2.39. The lowest BCUT2D eigenvalue weighted by atomic mass is 9.81. The molecular formula is C17H28N4O4. The first-order valence-electron chi connectivity index (χ1n) is 8.95. The van der Waals surface area contributed by atoms with Crippen LogP contribution in [-0.4, -0.2) is 59.4 Å². The minimum atomic E-state index is -0.810. The molecule has 0 aromatic carbocycles. The summed E-state index contributed by atoms with van der Waals surface area (Å²) in [5.41, 5.74) is -0.810. The maximum Gasteiger partial charge on any atom is 0.327 e. The third-order valence-corrected chi connectivity index (χ3v) is 5.05. The molecule has 6 amide bonds. The maximum absolute atomic E-state index is 12.8. The molecule has 0 unspecified atom stereocenters. The van der Waals surface area contributed by atoms with Crippen molar-refractivity contribution < 1.29 is 19.2 Å². The Morgan fingerprint density at radius 2 is 1.80 bits per heavy atom. The number of hydrogen-bond acceptors (Lipinski definition) is 4. The zero-order valence-corrected chi connectivity index (χ0v) is 15.3. The molecule has 8 nitrogen and oxygen atoms in total. The molecule has 2 rings (SSSR count). The molecule has 1 saturated heterocycles. The fourth-order valence-corrected chi connectivity index (χ4v) is 3.50. The third kappa shape index (κ3) is 4.11. The lowest BCUT2D eigenvalue weighted by Gasteiger charge is -2.35. The van der Waals surface area contributed by atoms with Crippen LogP contribution in [0.3, 0.4) is 0 Å². The summed E-state index contributed by atoms with van der Waals surface area (Å²) in [4.78, 5) is 51.3. The van der Waals surface area contributed by atoms with E-state index in [1.165, 1.54) is 4.90 Å². The number of nitrogens with zero attached hydrogens (tertiary/aromatic N) is 2. The van der Waals surface area contributed by atoms with Crippen molar-refractivity contribution in [2.24, 2.45) is 5.92 Å². The highest BCUT2D eigenvalue weighted by molar-refractivity contribution is 6.09. The van der Waals surface area contributed by atoms with E-state index in [0.717, 1.165) is 30.6 Å². The summed E-state index contributed by atoms with van der Waals surface area (Å²) in [6.45, 7) is 4.10. The minimum Gasteiger partial charge on any atom is -0.338 e. The Morgan fingerprint density at radius 3 is 2.40 bits per heavy atom. The van der Waals surface area contributed by atoms with Crippen molar-refractivity contribution in [1.29, 1.82) is 0 Å². The van der Waals surface area contributed by atoms with Crippen molar-refractivity contribution in [3.63, 3.8) is 0 Å². The van der Waals surface area contributed by atoms with Crippen LogP contribution in [0.5, 0.6) is 0 Å². The Balaban J connectivity index is 1.91. The molecule has 25 heavy (non-hydrogen) atoms. The molecule has 0 aromatic rings. The van der Waals surface area contributed by atoms with Gasteiger partial charge in [-0.3, -0.25) is 19.8 Å². The van der Waals surface area contributed by atoms with Gasteiger partial charge >= 0.3 is 12.1 Å². The second-order valence-electron chi connectivity index (χ2n) is 7.31. The quantitative estimate of drug-likeness (QED) is 0.732. The van der Waals surface area contributed by atoms with Crippen molar-refractivity contribution >= 4 is 23.9 Å². The molecule has 1 spiro atoms. The molecule has 1 heterocycles. The zero-order valence-electron chi connectivity index (χ0n) is 15.3. The third-order valence-electron chi connectivity index (χ3n) is 5.05. The number of rotatable bonds is 5. The van der Waals surface area contributed by atoms with Crippen LogP contribution in [-0.2, 0) is 9.59 Å². The number of amides is 6. The topological polar surface area (TPSA) is 98.8 Å². The molecular weight excluding hydrogens is 324 g/mol. The molecule has 0 aromatic heterocycles. The van der Waals surface area contributed by atoms with Gasteiger partial charge in [-0.25, -0.2) is 9.59 Å². The Bertz CT molecular complexity index is 555. The van der Waals surface area contributed by atoms with Crippen LogP contribution < -0.4 is 10.6 Å². The van der Waals surface area contributed by atoms with Gasteiger partial charge in [0.05, 0.1) is 0 Å². The Hall–Kier alpha value is -2.12. The largest absolute Gasteiger partial charge is 0.338 e. The van der Waals surface area contributed by atoms with Gasteiger partial charge in [-0.1, -0.05) is 33.1 Å². The Kier molecular flexibility index (Phi) is 6.02. The highest BCUT2D eigenvalue weighted by atomic mass is 16.2. The summed E-state index contributed by atoms with van der Waals surface area (Å²) >= 11 is 0. The van der Waals surface area contributed by atoms with E-state index in [-0.39, 0.29) is 5.91 Å². The molecule has 8 heteroatoms. The Morgan fingerprint density at radius 1 is 1.16 bits per heavy atom. The first-order valence-corrected chi connectivity index (χ1v) is 8.95. The molecule has 1 aliphatic heterocycles. The van der Waals surface area contributed by atoms with Crippen LogP contribution in [0.1, 0.15) is 52.4 Å². The van der Waals surface area contributed by atoms with Crippen LogP contribution in [0.2, 0.25) is 0 Å². The number of nitrogens with one attached hydrogen (secondary N) is 2. The SMILES string of the molecule is CC(C)CCNC(=O)NC(=O)CN1C(=O)N(C)C2(CCCCC2)C1=O. The molecule has 1 saturated carbocycles. The maximum atomic E-state index is 12.8. The second-order valence-corrected chi connectivity index (χ2v) is 7.31. The number of hydrogen-bond donors (Lipinski definition) is 2. The zero-order chi connectivity index (χ0) is 18.6. The van der Waals surface area contributed by atoms with Crippen LogP contribution in [0.25, 0.3) is 0 Å². The van der Waals surface area contributed by atoms with E-state index in [1.54, 1.807) is 7.05 Å². The van der Waals surface area contributed by atoms with Gasteiger partial charge in [-0.2, -0.15) is 0 Å². The van der Waals surface area contributed by atoms with Gasteiger partial charge in [0.1, 0.15) is 12.1 Å². The van der Waals surface area contributed by atoms with Gasteiger partial charge in [0, 0.05) is 13.6 Å². The summed E-state index contributed by atoms with van der Waals surface area (Å²) < 4.78 is 0. The lowest BCUT2D eigenvalue weighted by molar-refractivity contribution is -0.137. The number of carbonyl (C=O) groups excluding carboxylic acids is 4. The summed E-state index contributed by atoms with van der Waals surface area (Å²) in [7, 11) is 1.61. The van der Waals surface area contributed by atoms with Gasteiger partial charge in [-0.15, -0.1) is 0 Å². The number of likely N-dealkylation sites (N-methyl/N-ethyl adjacent to an activating group) is 1. The van der Waals surface area contributed by atoms with Crippen molar-refractivity contribution in [2.75, 3.05) is 20.1 Å². The summed E-state index contributed by atoms with van der Waals surface area (Å²) in [6, 6.07) is -1.08. The van der Waals surface area contributed by atoms with Gasteiger partial charge in [0.15, 0.2) is 0 Å². The van der Waals surface area contributed by atoms with Gasteiger partial charge < -0.3 is 10.2 Å². The second kappa shape index (κ2) is 7.84. The highest BCUT2D eigenvalue weighted by Gasteiger charge is 2.55. The van der Waals surface area contributed by atoms with E-state index in [0.29, 0.717) is 25.3 Å². The predicted molar refractivity (Wildman–Crippen MR) is 91.7 cm³/mol. The summed E-state index contributed by atoms with van der Waals surface area (Å²) in [5, 5.41) is 4.76. The van der Waals surface area contributed by atoms with Gasteiger partial charge in [-0.05, 0) is 25.2 Å². The van der Waals surface area contributed by atoms with Crippen LogP contribution in [0, 0.1) is 5.92 Å². The summed E-state index contributed by atoms with van der Waals surface area (Å²) in [6.07, 6.45) is 4.89. The van der Waals surface area contributed by atoms with Crippen LogP contribution >= 0.6 is 0 Å². The standard InChI is InChI=1S/C17H28N4O4/c1-12(2)7-10-18-15(24)19-13(22)11-21-14(23)17(20(3)16(21)25)8-5-4-6-9-17/h12H,4-11H2,1-3H3,(H2,18,19,22,24). The first kappa shape index (κ1) is 19.2. The molecule has 0 radical (unpaired) electrons. The number of urea groups is 2. The fraction of sp³-hybridized carbons (Fsp3) is 0.765. The molecule has 2 N–H and O–H groups in total. The first-order chi connectivity index (χ1) is 11.8. The smallest absolute Gasteiger partial charge is 0.327 e. The van der Waals surface area contributed by atoms with Crippen LogP contribution in [0.4, 0.5) is 9.59 Å². The van der Waals surface area contributed by atoms with Crippen molar-refractivity contribution in [3.05, 3.63) is 0 Å². The summed E-state index contributed by atoms with van der Waals surface area (Å²) in [5.74, 6) is -0.543. The van der Waals surface area contributed by atoms with E-state index in [4.69, 9.17) is 0 Å². The molecule has 0 bridgehead atoms. The van der Waals surface area contributed by atoms with Crippen molar-refractivity contribution in [3.8, 4) is 0 Å². The fourth-order valence-electron chi connectivity index (χ4n) is 3.50. The van der Waals surface area contributed by atoms with Gasteiger partial charge in [0.25, 0.3) is 5.91 Å². The lowest BCUT2D eigenvalue weighted by Crippen LogP contribution is -2.50. The normalized spacial score (nSPS) is 19.7. The molecule has 140 valence electrons. The average molecular weight is 352 g/mol. The van der Waals surface area contributed by atoms with E-state index < -0.39 is 30.1 Å². The molecule has 2 fully saturated rings. The number of carbonyl (C=O) groups is 4. The Labute approximate surface area is 148 Å².